The summed E-state index contributed by atoms with van der Waals surface area (Å²) in [6, 6.07) is 14.0. The molecule has 0 bridgehead atoms. The van der Waals surface area contributed by atoms with Crippen LogP contribution in [0.15, 0.2) is 48.5 Å². The van der Waals surface area contributed by atoms with Gasteiger partial charge in [-0.2, -0.15) is 0 Å². The lowest BCUT2D eigenvalue weighted by Crippen LogP contribution is -2.09. The molecule has 0 saturated carbocycles. The van der Waals surface area contributed by atoms with Gasteiger partial charge in [-0.05, 0) is 24.6 Å². The highest BCUT2D eigenvalue weighted by Gasteiger charge is 2.16. The van der Waals surface area contributed by atoms with Gasteiger partial charge in [0.25, 0.3) is 0 Å². The number of esters is 2. The van der Waals surface area contributed by atoms with Crippen LogP contribution < -0.4 is 9.47 Å². The molecule has 5 heteroatoms. The highest BCUT2D eigenvalue weighted by Crippen LogP contribution is 2.26. The quantitative estimate of drug-likeness (QED) is 0.604. The number of hydrogen-bond acceptors (Lipinski definition) is 5. The summed E-state index contributed by atoms with van der Waals surface area (Å²) < 4.78 is 15.7. The van der Waals surface area contributed by atoms with Crippen LogP contribution in [0.2, 0.25) is 0 Å². The van der Waals surface area contributed by atoms with Crippen molar-refractivity contribution in [1.82, 2.24) is 0 Å². The van der Waals surface area contributed by atoms with Gasteiger partial charge in [0.05, 0.1) is 6.61 Å². The molecule has 2 aromatic rings. The zero-order valence-corrected chi connectivity index (χ0v) is 13.1. The molecule has 0 aliphatic rings. The molecule has 0 radical (unpaired) electrons. The van der Waals surface area contributed by atoms with Gasteiger partial charge >= 0.3 is 11.9 Å². The minimum absolute atomic E-state index is 0.178. The van der Waals surface area contributed by atoms with E-state index in [4.69, 9.17) is 14.2 Å². The first-order valence-corrected chi connectivity index (χ1v) is 7.26. The molecule has 0 saturated heterocycles. The van der Waals surface area contributed by atoms with Crippen molar-refractivity contribution < 1.29 is 23.8 Å². The summed E-state index contributed by atoms with van der Waals surface area (Å²) in [6.07, 6.45) is 0. The summed E-state index contributed by atoms with van der Waals surface area (Å²) >= 11 is 0. The fraction of sp³-hybridized carbons (Fsp3) is 0.222. The van der Waals surface area contributed by atoms with Crippen molar-refractivity contribution in [2.75, 3.05) is 6.61 Å². The first-order chi connectivity index (χ1) is 11.1. The van der Waals surface area contributed by atoms with Gasteiger partial charge in [-0.1, -0.05) is 30.3 Å². The minimum atomic E-state index is -0.494. The second-order valence-electron chi connectivity index (χ2n) is 4.75. The van der Waals surface area contributed by atoms with Crippen molar-refractivity contribution in [1.29, 1.82) is 0 Å². The summed E-state index contributed by atoms with van der Waals surface area (Å²) in [6.45, 7) is 3.67. The Labute approximate surface area is 134 Å². The van der Waals surface area contributed by atoms with Crippen LogP contribution in [-0.4, -0.2) is 18.5 Å². The maximum Gasteiger partial charge on any atom is 0.342 e. The maximum absolute atomic E-state index is 12.2. The van der Waals surface area contributed by atoms with Crippen LogP contribution in [0.4, 0.5) is 0 Å². The predicted molar refractivity (Wildman–Crippen MR) is 84.5 cm³/mol. The number of benzene rings is 2. The summed E-state index contributed by atoms with van der Waals surface area (Å²) in [5.41, 5.74) is 1.19. The smallest absolute Gasteiger partial charge is 0.342 e. The Morgan fingerprint density at radius 2 is 1.78 bits per heavy atom. The molecule has 2 aromatic carbocycles. The highest BCUT2D eigenvalue weighted by molar-refractivity contribution is 5.93. The number of rotatable bonds is 6. The van der Waals surface area contributed by atoms with Gasteiger partial charge in [0, 0.05) is 13.0 Å². The van der Waals surface area contributed by atoms with Gasteiger partial charge in [0.1, 0.15) is 23.7 Å². The van der Waals surface area contributed by atoms with E-state index < -0.39 is 11.9 Å². The van der Waals surface area contributed by atoms with E-state index in [0.717, 1.165) is 5.56 Å². The molecule has 0 N–H and O–H groups in total. The van der Waals surface area contributed by atoms with Gasteiger partial charge in [-0.25, -0.2) is 4.79 Å². The second kappa shape index (κ2) is 7.98. The molecule has 0 aromatic heterocycles. The third-order valence-electron chi connectivity index (χ3n) is 2.95. The normalized spacial score (nSPS) is 10.0. The van der Waals surface area contributed by atoms with Crippen LogP contribution in [-0.2, 0) is 16.1 Å². The van der Waals surface area contributed by atoms with Gasteiger partial charge in [-0.15, -0.1) is 0 Å². The Morgan fingerprint density at radius 3 is 2.43 bits per heavy atom. The van der Waals surface area contributed by atoms with E-state index in [0.29, 0.717) is 23.7 Å². The van der Waals surface area contributed by atoms with E-state index in [9.17, 15) is 9.59 Å². The van der Waals surface area contributed by atoms with Gasteiger partial charge in [0.15, 0.2) is 0 Å². The van der Waals surface area contributed by atoms with E-state index >= 15 is 0 Å². The Kier molecular flexibility index (Phi) is 5.74. The highest BCUT2D eigenvalue weighted by atomic mass is 16.5. The van der Waals surface area contributed by atoms with Crippen LogP contribution in [0.25, 0.3) is 0 Å². The topological polar surface area (TPSA) is 61.8 Å². The molecular weight excluding hydrogens is 296 g/mol. The van der Waals surface area contributed by atoms with E-state index in [1.54, 1.807) is 6.92 Å². The van der Waals surface area contributed by atoms with Crippen molar-refractivity contribution in [3.8, 4) is 11.5 Å². The molecule has 0 aliphatic heterocycles. The average Bonchev–Trinajstić information content (AvgIpc) is 2.53. The van der Waals surface area contributed by atoms with Crippen LogP contribution in [0.5, 0.6) is 11.5 Å². The molecule has 0 aliphatic carbocycles. The number of ether oxygens (including phenoxy) is 3. The molecule has 0 fully saturated rings. The lowest BCUT2D eigenvalue weighted by molar-refractivity contribution is -0.131. The van der Waals surface area contributed by atoms with Crippen molar-refractivity contribution in [2.24, 2.45) is 0 Å². The van der Waals surface area contributed by atoms with Gasteiger partial charge in [0.2, 0.25) is 0 Å². The summed E-state index contributed by atoms with van der Waals surface area (Å²) in [5.74, 6) is -0.289. The van der Waals surface area contributed by atoms with Crippen molar-refractivity contribution in [3.63, 3.8) is 0 Å². The fourth-order valence-electron chi connectivity index (χ4n) is 1.98. The van der Waals surface area contributed by atoms with Crippen molar-refractivity contribution >= 4 is 11.9 Å². The lowest BCUT2D eigenvalue weighted by Gasteiger charge is -2.12. The predicted octanol–water partition coefficient (Wildman–Crippen LogP) is 3.37. The zero-order chi connectivity index (χ0) is 16.7. The molecule has 120 valence electrons. The van der Waals surface area contributed by atoms with Gasteiger partial charge < -0.3 is 14.2 Å². The third kappa shape index (κ3) is 4.85. The molecule has 0 spiro atoms. The van der Waals surface area contributed by atoms with Crippen molar-refractivity contribution in [3.05, 3.63) is 59.7 Å². The standard InChI is InChI=1S/C18H18O5/c1-3-21-17-11-15(23-13(2)19)9-10-16(17)18(20)22-12-14-7-5-4-6-8-14/h4-11H,3,12H2,1-2H3. The lowest BCUT2D eigenvalue weighted by atomic mass is 10.2. The third-order valence-corrected chi connectivity index (χ3v) is 2.95. The average molecular weight is 314 g/mol. The largest absolute Gasteiger partial charge is 0.493 e. The Balaban J connectivity index is 2.13. The molecular formula is C18H18O5. The molecule has 23 heavy (non-hydrogen) atoms. The first-order valence-electron chi connectivity index (χ1n) is 7.26. The minimum Gasteiger partial charge on any atom is -0.493 e. The Bertz CT molecular complexity index is 679. The Hall–Kier alpha value is -2.82. The van der Waals surface area contributed by atoms with E-state index in [1.165, 1.54) is 25.1 Å². The summed E-state index contributed by atoms with van der Waals surface area (Å²) in [4.78, 5) is 23.2. The summed E-state index contributed by atoms with van der Waals surface area (Å²) in [5, 5.41) is 0. The van der Waals surface area contributed by atoms with Gasteiger partial charge in [-0.3, -0.25) is 4.79 Å². The van der Waals surface area contributed by atoms with E-state index in [-0.39, 0.29) is 6.61 Å². The number of carbonyl (C=O) groups excluding carboxylic acids is 2. The van der Waals surface area contributed by atoms with Crippen molar-refractivity contribution in [2.45, 2.75) is 20.5 Å². The first kappa shape index (κ1) is 16.5. The summed E-state index contributed by atoms with van der Waals surface area (Å²) in [7, 11) is 0. The SMILES string of the molecule is CCOc1cc(OC(C)=O)ccc1C(=O)OCc1ccccc1. The zero-order valence-electron chi connectivity index (χ0n) is 13.1. The molecule has 0 amide bonds. The molecule has 2 rings (SSSR count). The molecule has 0 heterocycles. The van der Waals surface area contributed by atoms with E-state index in [2.05, 4.69) is 0 Å². The number of hydrogen-bond donors (Lipinski definition) is 0. The molecule has 0 atom stereocenters. The fourth-order valence-corrected chi connectivity index (χ4v) is 1.98. The molecule has 0 unspecified atom stereocenters. The molecule has 5 nitrogen and oxygen atoms in total. The number of carbonyl (C=O) groups is 2. The monoisotopic (exact) mass is 314 g/mol. The second-order valence-corrected chi connectivity index (χ2v) is 4.75. The van der Waals surface area contributed by atoms with Crippen LogP contribution in [0.1, 0.15) is 29.8 Å². The van der Waals surface area contributed by atoms with Crippen LogP contribution in [0.3, 0.4) is 0 Å². The van der Waals surface area contributed by atoms with Crippen LogP contribution in [0, 0.1) is 0 Å². The van der Waals surface area contributed by atoms with E-state index in [1.807, 2.05) is 30.3 Å². The Morgan fingerprint density at radius 1 is 1.04 bits per heavy atom. The maximum atomic E-state index is 12.2. The van der Waals surface area contributed by atoms with Crippen LogP contribution >= 0.6 is 0 Å².